The summed E-state index contributed by atoms with van der Waals surface area (Å²) in [5.74, 6) is 1.68. The molecule has 0 fully saturated rings. The van der Waals surface area contributed by atoms with Gasteiger partial charge in [0.1, 0.15) is 5.82 Å². The van der Waals surface area contributed by atoms with E-state index >= 15 is 0 Å². The Labute approximate surface area is 98.7 Å². The molecule has 16 heavy (non-hydrogen) atoms. The zero-order chi connectivity index (χ0) is 12.0. The van der Waals surface area contributed by atoms with Gasteiger partial charge in [-0.15, -0.1) is 5.10 Å². The molecule has 3 heteroatoms. The zero-order valence-corrected chi connectivity index (χ0v) is 10.8. The van der Waals surface area contributed by atoms with E-state index in [0.29, 0.717) is 6.04 Å². The van der Waals surface area contributed by atoms with E-state index in [1.165, 1.54) is 19.3 Å². The maximum absolute atomic E-state index is 4.06. The predicted octanol–water partition coefficient (Wildman–Crippen LogP) is 3.41. The van der Waals surface area contributed by atoms with E-state index in [-0.39, 0.29) is 0 Å². The van der Waals surface area contributed by atoms with Crippen molar-refractivity contribution in [2.45, 2.75) is 53.0 Å². The lowest BCUT2D eigenvalue weighted by molar-refractivity contribution is 0.519. The third-order valence-electron chi connectivity index (χ3n) is 2.60. The van der Waals surface area contributed by atoms with Gasteiger partial charge in [-0.25, -0.2) is 0 Å². The summed E-state index contributed by atoms with van der Waals surface area (Å²) in [6, 6.07) is 2.50. The van der Waals surface area contributed by atoms with E-state index in [4.69, 9.17) is 0 Å². The SMILES string of the molecule is Cc1cnnc(NC(C)CCCC(C)C)c1. The molecule has 0 amide bonds. The Morgan fingerprint density at radius 1 is 1.25 bits per heavy atom. The van der Waals surface area contributed by atoms with Gasteiger partial charge in [-0.1, -0.05) is 26.7 Å². The highest BCUT2D eigenvalue weighted by atomic mass is 15.2. The van der Waals surface area contributed by atoms with Crippen molar-refractivity contribution in [1.29, 1.82) is 0 Å². The number of anilines is 1. The predicted molar refractivity (Wildman–Crippen MR) is 68.5 cm³/mol. The fraction of sp³-hybridized carbons (Fsp3) is 0.692. The molecule has 0 aromatic carbocycles. The molecule has 3 nitrogen and oxygen atoms in total. The van der Waals surface area contributed by atoms with Gasteiger partial charge in [0.2, 0.25) is 0 Å². The van der Waals surface area contributed by atoms with Gasteiger partial charge in [0, 0.05) is 6.04 Å². The van der Waals surface area contributed by atoms with Gasteiger partial charge in [-0.05, 0) is 37.8 Å². The molecule has 0 saturated carbocycles. The van der Waals surface area contributed by atoms with Crippen LogP contribution in [0.1, 0.15) is 45.6 Å². The molecule has 1 rings (SSSR count). The van der Waals surface area contributed by atoms with Crippen LogP contribution >= 0.6 is 0 Å². The molecular formula is C13H23N3. The summed E-state index contributed by atoms with van der Waals surface area (Å²) in [5.41, 5.74) is 1.15. The van der Waals surface area contributed by atoms with Crippen LogP contribution in [0, 0.1) is 12.8 Å². The monoisotopic (exact) mass is 221 g/mol. The van der Waals surface area contributed by atoms with Crippen LogP contribution in [-0.4, -0.2) is 16.2 Å². The van der Waals surface area contributed by atoms with Gasteiger partial charge < -0.3 is 5.32 Å². The Bertz CT molecular complexity index is 310. The van der Waals surface area contributed by atoms with E-state index in [0.717, 1.165) is 17.3 Å². The smallest absolute Gasteiger partial charge is 0.149 e. The van der Waals surface area contributed by atoms with Crippen LogP contribution in [0.15, 0.2) is 12.3 Å². The van der Waals surface area contributed by atoms with Crippen LogP contribution in [0.2, 0.25) is 0 Å². The molecule has 1 heterocycles. The highest BCUT2D eigenvalue weighted by Gasteiger charge is 2.04. The molecule has 0 saturated heterocycles. The van der Waals surface area contributed by atoms with Crippen molar-refractivity contribution in [1.82, 2.24) is 10.2 Å². The number of aryl methyl sites for hydroxylation is 1. The van der Waals surface area contributed by atoms with E-state index in [1.54, 1.807) is 6.20 Å². The van der Waals surface area contributed by atoms with Crippen molar-refractivity contribution in [2.75, 3.05) is 5.32 Å². The number of nitrogens with zero attached hydrogens (tertiary/aromatic N) is 2. The molecule has 1 unspecified atom stereocenters. The first-order valence-electron chi connectivity index (χ1n) is 6.14. The number of nitrogens with one attached hydrogen (secondary N) is 1. The van der Waals surface area contributed by atoms with Crippen molar-refractivity contribution >= 4 is 5.82 Å². The second kappa shape index (κ2) is 6.46. The molecule has 1 atom stereocenters. The fourth-order valence-corrected chi connectivity index (χ4v) is 1.69. The highest BCUT2D eigenvalue weighted by Crippen LogP contribution is 2.12. The average Bonchev–Trinajstić information content (AvgIpc) is 2.16. The standard InChI is InChI=1S/C13H23N3/c1-10(2)6-5-7-12(4)15-13-8-11(3)9-14-16-13/h8-10,12H,5-7H2,1-4H3,(H,15,16). The molecule has 0 radical (unpaired) electrons. The quantitative estimate of drug-likeness (QED) is 0.800. The third kappa shape index (κ3) is 5.10. The van der Waals surface area contributed by atoms with Crippen LogP contribution in [-0.2, 0) is 0 Å². The van der Waals surface area contributed by atoms with Crippen molar-refractivity contribution in [3.05, 3.63) is 17.8 Å². The average molecular weight is 221 g/mol. The van der Waals surface area contributed by atoms with Gasteiger partial charge in [-0.2, -0.15) is 5.10 Å². The summed E-state index contributed by atoms with van der Waals surface area (Å²) in [7, 11) is 0. The Balaban J connectivity index is 2.31. The van der Waals surface area contributed by atoms with Crippen LogP contribution in [0.4, 0.5) is 5.82 Å². The zero-order valence-electron chi connectivity index (χ0n) is 10.8. The summed E-state index contributed by atoms with van der Waals surface area (Å²) < 4.78 is 0. The summed E-state index contributed by atoms with van der Waals surface area (Å²) >= 11 is 0. The largest absolute Gasteiger partial charge is 0.366 e. The lowest BCUT2D eigenvalue weighted by Crippen LogP contribution is -2.16. The van der Waals surface area contributed by atoms with E-state index in [1.807, 2.05) is 13.0 Å². The molecule has 0 aliphatic heterocycles. The first-order chi connectivity index (χ1) is 7.58. The molecule has 0 spiro atoms. The number of rotatable bonds is 6. The minimum absolute atomic E-state index is 0.467. The van der Waals surface area contributed by atoms with Gasteiger partial charge in [0.05, 0.1) is 6.20 Å². The van der Waals surface area contributed by atoms with E-state index in [9.17, 15) is 0 Å². The van der Waals surface area contributed by atoms with Crippen LogP contribution in [0.5, 0.6) is 0 Å². The van der Waals surface area contributed by atoms with E-state index < -0.39 is 0 Å². The molecule has 0 aliphatic carbocycles. The topological polar surface area (TPSA) is 37.8 Å². The number of aromatic nitrogens is 2. The minimum Gasteiger partial charge on any atom is -0.366 e. The Hall–Kier alpha value is -1.12. The second-order valence-corrected chi connectivity index (χ2v) is 4.99. The first-order valence-corrected chi connectivity index (χ1v) is 6.14. The maximum atomic E-state index is 4.06. The Morgan fingerprint density at radius 2 is 2.00 bits per heavy atom. The van der Waals surface area contributed by atoms with Crippen molar-refractivity contribution in [3.63, 3.8) is 0 Å². The van der Waals surface area contributed by atoms with Crippen LogP contribution in [0.3, 0.4) is 0 Å². The maximum Gasteiger partial charge on any atom is 0.149 e. The Morgan fingerprint density at radius 3 is 2.62 bits per heavy atom. The number of hydrogen-bond acceptors (Lipinski definition) is 3. The summed E-state index contributed by atoms with van der Waals surface area (Å²) in [6.45, 7) is 8.77. The van der Waals surface area contributed by atoms with Crippen molar-refractivity contribution in [3.8, 4) is 0 Å². The normalized spacial score (nSPS) is 12.8. The highest BCUT2D eigenvalue weighted by molar-refractivity contribution is 5.35. The van der Waals surface area contributed by atoms with Crippen molar-refractivity contribution < 1.29 is 0 Å². The van der Waals surface area contributed by atoms with Crippen LogP contribution < -0.4 is 5.32 Å². The summed E-state index contributed by atoms with van der Waals surface area (Å²) in [5, 5.41) is 11.4. The lowest BCUT2D eigenvalue weighted by atomic mass is 10.0. The van der Waals surface area contributed by atoms with Crippen LogP contribution in [0.25, 0.3) is 0 Å². The second-order valence-electron chi connectivity index (χ2n) is 4.99. The first kappa shape index (κ1) is 12.9. The van der Waals surface area contributed by atoms with Gasteiger partial charge in [0.25, 0.3) is 0 Å². The minimum atomic E-state index is 0.467. The summed E-state index contributed by atoms with van der Waals surface area (Å²) in [6.07, 6.45) is 5.53. The molecule has 1 N–H and O–H groups in total. The van der Waals surface area contributed by atoms with Gasteiger partial charge >= 0.3 is 0 Å². The molecule has 0 aliphatic rings. The van der Waals surface area contributed by atoms with E-state index in [2.05, 4.69) is 36.3 Å². The Kier molecular flexibility index (Phi) is 5.23. The summed E-state index contributed by atoms with van der Waals surface area (Å²) in [4.78, 5) is 0. The molecule has 0 bridgehead atoms. The molecular weight excluding hydrogens is 198 g/mol. The molecule has 1 aromatic heterocycles. The third-order valence-corrected chi connectivity index (χ3v) is 2.60. The van der Waals surface area contributed by atoms with Gasteiger partial charge in [0.15, 0.2) is 0 Å². The van der Waals surface area contributed by atoms with Gasteiger partial charge in [-0.3, -0.25) is 0 Å². The fourth-order valence-electron chi connectivity index (χ4n) is 1.69. The lowest BCUT2D eigenvalue weighted by Gasteiger charge is -2.14. The number of hydrogen-bond donors (Lipinski definition) is 1. The molecule has 1 aromatic rings. The van der Waals surface area contributed by atoms with Crippen molar-refractivity contribution in [2.24, 2.45) is 5.92 Å². The molecule has 90 valence electrons.